The molecule has 1 N–H and O–H groups in total. The van der Waals surface area contributed by atoms with E-state index < -0.39 is 0 Å². The van der Waals surface area contributed by atoms with E-state index in [1.165, 1.54) is 36.6 Å². The van der Waals surface area contributed by atoms with Gasteiger partial charge in [-0.1, -0.05) is 6.42 Å². The van der Waals surface area contributed by atoms with E-state index in [4.69, 9.17) is 0 Å². The Hall–Kier alpha value is -1.31. The van der Waals surface area contributed by atoms with Crippen molar-refractivity contribution in [3.05, 3.63) is 35.3 Å². The number of aromatic amines is 1. The van der Waals surface area contributed by atoms with E-state index in [1.807, 2.05) is 6.07 Å². The zero-order chi connectivity index (χ0) is 10.3. The fourth-order valence-corrected chi connectivity index (χ4v) is 2.55. The molecule has 0 atom stereocenters. The van der Waals surface area contributed by atoms with Crippen LogP contribution in [0.15, 0.2) is 18.2 Å². The molecule has 0 radical (unpaired) electrons. The van der Waals surface area contributed by atoms with E-state index in [1.54, 1.807) is 6.07 Å². The lowest BCUT2D eigenvalue weighted by atomic mass is 10.1. The van der Waals surface area contributed by atoms with Gasteiger partial charge in [-0.2, -0.15) is 0 Å². The minimum Gasteiger partial charge on any atom is -0.358 e. The summed E-state index contributed by atoms with van der Waals surface area (Å²) >= 11 is 0. The molecule has 0 fully saturated rings. The van der Waals surface area contributed by atoms with Gasteiger partial charge in [0.15, 0.2) is 0 Å². The maximum atomic E-state index is 13.2. The largest absolute Gasteiger partial charge is 0.358 e. The van der Waals surface area contributed by atoms with Crippen molar-refractivity contribution in [3.8, 4) is 0 Å². The summed E-state index contributed by atoms with van der Waals surface area (Å²) in [7, 11) is 0. The van der Waals surface area contributed by atoms with E-state index in [-0.39, 0.29) is 5.82 Å². The Labute approximate surface area is 88.3 Å². The van der Waals surface area contributed by atoms with Gasteiger partial charge in [0, 0.05) is 16.6 Å². The Morgan fingerprint density at radius 1 is 1.07 bits per heavy atom. The molecule has 1 aromatic carbocycles. The molecule has 1 aromatic heterocycles. The van der Waals surface area contributed by atoms with Crippen LogP contribution in [0.4, 0.5) is 4.39 Å². The van der Waals surface area contributed by atoms with Crippen LogP contribution in [0.2, 0.25) is 0 Å². The van der Waals surface area contributed by atoms with Gasteiger partial charge < -0.3 is 4.98 Å². The molecular weight excluding hydrogens is 189 g/mol. The summed E-state index contributed by atoms with van der Waals surface area (Å²) in [6.45, 7) is 0. The first-order valence-electron chi connectivity index (χ1n) is 5.63. The molecule has 1 heterocycles. The first-order valence-corrected chi connectivity index (χ1v) is 5.63. The molecule has 2 heteroatoms. The number of rotatable bonds is 0. The predicted molar refractivity (Wildman–Crippen MR) is 59.5 cm³/mol. The second-order valence-electron chi connectivity index (χ2n) is 4.33. The second-order valence-corrected chi connectivity index (χ2v) is 4.33. The van der Waals surface area contributed by atoms with Gasteiger partial charge in [-0.15, -0.1) is 0 Å². The topological polar surface area (TPSA) is 15.8 Å². The fraction of sp³-hybridized carbons (Fsp3) is 0.385. The van der Waals surface area contributed by atoms with E-state index in [9.17, 15) is 4.39 Å². The number of hydrogen-bond donors (Lipinski definition) is 1. The first-order chi connectivity index (χ1) is 7.34. The number of nitrogens with one attached hydrogen (secondary N) is 1. The summed E-state index contributed by atoms with van der Waals surface area (Å²) in [5.41, 5.74) is 3.76. The SMILES string of the molecule is Fc1ccc2[nH]c3c(c2c1)CCCCC3. The van der Waals surface area contributed by atoms with Gasteiger partial charge in [0.2, 0.25) is 0 Å². The number of fused-ring (bicyclic) bond motifs is 3. The van der Waals surface area contributed by atoms with Gasteiger partial charge >= 0.3 is 0 Å². The second kappa shape index (κ2) is 3.37. The predicted octanol–water partition coefficient (Wildman–Crippen LogP) is 3.58. The molecule has 0 aliphatic heterocycles. The normalized spacial score (nSPS) is 16.3. The molecule has 0 saturated heterocycles. The summed E-state index contributed by atoms with van der Waals surface area (Å²) in [6.07, 6.45) is 5.99. The molecule has 1 aliphatic carbocycles. The average molecular weight is 203 g/mol. The van der Waals surface area contributed by atoms with Crippen LogP contribution in [0, 0.1) is 5.82 Å². The molecule has 0 amide bonds. The number of aryl methyl sites for hydroxylation is 2. The summed E-state index contributed by atoms with van der Waals surface area (Å²) < 4.78 is 13.2. The number of H-pyrrole nitrogens is 1. The Kier molecular flexibility index (Phi) is 2.01. The minimum absolute atomic E-state index is 0.131. The molecular formula is C13H14FN. The molecule has 0 unspecified atom stereocenters. The van der Waals surface area contributed by atoms with E-state index >= 15 is 0 Å². The molecule has 0 saturated carbocycles. The van der Waals surface area contributed by atoms with Crippen molar-refractivity contribution in [3.63, 3.8) is 0 Å². The number of halogens is 1. The lowest BCUT2D eigenvalue weighted by molar-refractivity contribution is 0.629. The molecule has 1 nitrogen and oxygen atoms in total. The summed E-state index contributed by atoms with van der Waals surface area (Å²) in [5.74, 6) is -0.131. The van der Waals surface area contributed by atoms with Gasteiger partial charge in [0.1, 0.15) is 5.82 Å². The third-order valence-electron chi connectivity index (χ3n) is 3.31. The Morgan fingerprint density at radius 2 is 1.93 bits per heavy atom. The van der Waals surface area contributed by atoms with E-state index in [0.29, 0.717) is 0 Å². The van der Waals surface area contributed by atoms with E-state index in [2.05, 4.69) is 4.98 Å². The third-order valence-corrected chi connectivity index (χ3v) is 3.31. The van der Waals surface area contributed by atoms with Crippen LogP contribution in [0.5, 0.6) is 0 Å². The Balaban J connectivity index is 2.24. The van der Waals surface area contributed by atoms with Crippen LogP contribution in [0.3, 0.4) is 0 Å². The van der Waals surface area contributed by atoms with Crippen molar-refractivity contribution >= 4 is 10.9 Å². The van der Waals surface area contributed by atoms with Gasteiger partial charge in [-0.25, -0.2) is 4.39 Å². The summed E-state index contributed by atoms with van der Waals surface area (Å²) in [4.78, 5) is 3.42. The van der Waals surface area contributed by atoms with Crippen LogP contribution in [-0.4, -0.2) is 4.98 Å². The van der Waals surface area contributed by atoms with Gasteiger partial charge in [0.25, 0.3) is 0 Å². The molecule has 78 valence electrons. The quantitative estimate of drug-likeness (QED) is 0.630. The van der Waals surface area contributed by atoms with Crippen molar-refractivity contribution in [1.29, 1.82) is 0 Å². The summed E-state index contributed by atoms with van der Waals surface area (Å²) in [6, 6.07) is 5.04. The zero-order valence-electron chi connectivity index (χ0n) is 8.65. The highest BCUT2D eigenvalue weighted by Gasteiger charge is 2.14. The number of benzene rings is 1. The zero-order valence-corrected chi connectivity index (χ0v) is 8.65. The highest BCUT2D eigenvalue weighted by atomic mass is 19.1. The smallest absolute Gasteiger partial charge is 0.123 e. The monoisotopic (exact) mass is 203 g/mol. The van der Waals surface area contributed by atoms with Crippen molar-refractivity contribution in [2.45, 2.75) is 32.1 Å². The van der Waals surface area contributed by atoms with Crippen LogP contribution < -0.4 is 0 Å². The molecule has 1 aliphatic rings. The Morgan fingerprint density at radius 3 is 2.87 bits per heavy atom. The van der Waals surface area contributed by atoms with Crippen molar-refractivity contribution in [2.24, 2.45) is 0 Å². The molecule has 3 rings (SSSR count). The lowest BCUT2D eigenvalue weighted by Gasteiger charge is -1.97. The van der Waals surface area contributed by atoms with Crippen LogP contribution in [0.25, 0.3) is 10.9 Å². The van der Waals surface area contributed by atoms with Crippen molar-refractivity contribution in [1.82, 2.24) is 4.98 Å². The van der Waals surface area contributed by atoms with Gasteiger partial charge in [-0.3, -0.25) is 0 Å². The summed E-state index contributed by atoms with van der Waals surface area (Å²) in [5, 5.41) is 1.09. The van der Waals surface area contributed by atoms with Crippen molar-refractivity contribution in [2.75, 3.05) is 0 Å². The van der Waals surface area contributed by atoms with Crippen LogP contribution in [0.1, 0.15) is 30.5 Å². The average Bonchev–Trinajstić information content (AvgIpc) is 2.44. The standard InChI is InChI=1S/C13H14FN/c14-9-6-7-13-11(8-9)10-4-2-1-3-5-12(10)15-13/h6-8,15H,1-5H2. The molecule has 0 bridgehead atoms. The van der Waals surface area contributed by atoms with Gasteiger partial charge in [0.05, 0.1) is 0 Å². The van der Waals surface area contributed by atoms with Crippen LogP contribution >= 0.6 is 0 Å². The molecule has 2 aromatic rings. The van der Waals surface area contributed by atoms with Crippen LogP contribution in [-0.2, 0) is 12.8 Å². The maximum absolute atomic E-state index is 13.2. The van der Waals surface area contributed by atoms with E-state index in [0.717, 1.165) is 23.7 Å². The minimum atomic E-state index is -0.131. The fourth-order valence-electron chi connectivity index (χ4n) is 2.55. The highest BCUT2D eigenvalue weighted by Crippen LogP contribution is 2.28. The highest BCUT2D eigenvalue weighted by molar-refractivity contribution is 5.84. The van der Waals surface area contributed by atoms with Gasteiger partial charge in [-0.05, 0) is 49.4 Å². The third kappa shape index (κ3) is 1.44. The molecule has 15 heavy (non-hydrogen) atoms. The number of aromatic nitrogens is 1. The Bertz CT molecular complexity index is 498. The number of hydrogen-bond acceptors (Lipinski definition) is 0. The molecule has 0 spiro atoms. The first kappa shape index (κ1) is 8.96. The maximum Gasteiger partial charge on any atom is 0.123 e. The van der Waals surface area contributed by atoms with Crippen molar-refractivity contribution < 1.29 is 4.39 Å². The lowest BCUT2D eigenvalue weighted by Crippen LogP contribution is -1.86.